The van der Waals surface area contributed by atoms with Gasteiger partial charge in [-0.3, -0.25) is 19.7 Å². The van der Waals surface area contributed by atoms with E-state index < -0.39 is 35.1 Å². The first kappa shape index (κ1) is 22.0. The summed E-state index contributed by atoms with van der Waals surface area (Å²) in [6, 6.07) is 4.81. The van der Waals surface area contributed by atoms with Gasteiger partial charge in [-0.2, -0.15) is 0 Å². The van der Waals surface area contributed by atoms with Gasteiger partial charge in [-0.25, -0.2) is 0 Å². The number of carbonyl (C=O) groups is 2. The molecule has 0 spiro atoms. The molecule has 3 rings (SSSR count). The van der Waals surface area contributed by atoms with Gasteiger partial charge in [-0.1, -0.05) is 6.07 Å². The van der Waals surface area contributed by atoms with Gasteiger partial charge >= 0.3 is 5.97 Å². The fraction of sp³-hybridized carbons (Fsp3) is 0.600. The van der Waals surface area contributed by atoms with E-state index in [-0.39, 0.29) is 26.1 Å². The summed E-state index contributed by atoms with van der Waals surface area (Å²) in [7, 11) is 0. The maximum absolute atomic E-state index is 13.0. The van der Waals surface area contributed by atoms with Crippen LogP contribution in [0.5, 0.6) is 11.5 Å². The molecule has 10 heteroatoms. The van der Waals surface area contributed by atoms with Gasteiger partial charge in [0.1, 0.15) is 11.7 Å². The molecule has 2 atom stereocenters. The summed E-state index contributed by atoms with van der Waals surface area (Å²) in [6.45, 7) is 2.17. The number of hydrogen-bond acceptors (Lipinski definition) is 9. The summed E-state index contributed by atoms with van der Waals surface area (Å²) >= 11 is 0. The minimum Gasteiger partial charge on any atom is -0.465 e. The van der Waals surface area contributed by atoms with Crippen molar-refractivity contribution in [2.75, 3.05) is 33.2 Å². The second kappa shape index (κ2) is 10.4. The summed E-state index contributed by atoms with van der Waals surface area (Å²) in [5.41, 5.74) is 0.449. The van der Waals surface area contributed by atoms with Gasteiger partial charge in [-0.05, 0) is 37.5 Å². The number of carbonyl (C=O) groups excluding carboxylic acids is 2. The number of ketones is 1. The van der Waals surface area contributed by atoms with Gasteiger partial charge in [0.2, 0.25) is 13.3 Å². The smallest absolute Gasteiger partial charge is 0.317 e. The lowest BCUT2D eigenvalue weighted by Crippen LogP contribution is -2.35. The number of Topliss-reactive ketones (excluding diaryl/α,β-unsaturated/α-hetero) is 1. The molecule has 0 radical (unpaired) electrons. The summed E-state index contributed by atoms with van der Waals surface area (Å²) in [5.74, 6) is -2.52. The monoisotopic (exact) mass is 423 g/mol. The van der Waals surface area contributed by atoms with Crippen LogP contribution in [-0.2, 0) is 23.8 Å². The van der Waals surface area contributed by atoms with Crippen LogP contribution in [0.4, 0.5) is 0 Å². The van der Waals surface area contributed by atoms with Crippen molar-refractivity contribution in [2.24, 2.45) is 5.92 Å². The number of rotatable bonds is 11. The highest BCUT2D eigenvalue weighted by atomic mass is 16.7. The Morgan fingerprint density at radius 1 is 1.23 bits per heavy atom. The van der Waals surface area contributed by atoms with E-state index >= 15 is 0 Å². The molecule has 10 nitrogen and oxygen atoms in total. The third-order valence-corrected chi connectivity index (χ3v) is 5.01. The maximum atomic E-state index is 13.0. The van der Waals surface area contributed by atoms with Gasteiger partial charge in [0.05, 0.1) is 25.7 Å². The van der Waals surface area contributed by atoms with Crippen LogP contribution < -0.4 is 9.47 Å². The fourth-order valence-corrected chi connectivity index (χ4v) is 3.63. The van der Waals surface area contributed by atoms with Gasteiger partial charge in [0.15, 0.2) is 17.8 Å². The van der Waals surface area contributed by atoms with Crippen LogP contribution in [0, 0.1) is 16.0 Å². The van der Waals surface area contributed by atoms with Crippen molar-refractivity contribution in [2.45, 2.75) is 38.4 Å². The Morgan fingerprint density at radius 3 is 2.67 bits per heavy atom. The topological polar surface area (TPSA) is 123 Å². The zero-order valence-electron chi connectivity index (χ0n) is 16.7. The lowest BCUT2D eigenvalue weighted by Gasteiger charge is -2.22. The first-order valence-electron chi connectivity index (χ1n) is 9.93. The van der Waals surface area contributed by atoms with Crippen molar-refractivity contribution in [3.8, 4) is 11.5 Å². The Hall–Kier alpha value is -2.72. The van der Waals surface area contributed by atoms with E-state index in [4.69, 9.17) is 23.7 Å². The largest absolute Gasteiger partial charge is 0.465 e. The zero-order valence-corrected chi connectivity index (χ0v) is 16.7. The Bertz CT molecular complexity index is 776. The number of esters is 1. The molecule has 0 bridgehead atoms. The molecule has 1 saturated heterocycles. The lowest BCUT2D eigenvalue weighted by molar-refractivity contribution is -0.484. The molecular weight excluding hydrogens is 398 g/mol. The minimum absolute atomic E-state index is 0.0459. The van der Waals surface area contributed by atoms with E-state index in [1.54, 1.807) is 25.1 Å². The minimum atomic E-state index is -1.29. The van der Waals surface area contributed by atoms with Crippen LogP contribution in [-0.4, -0.2) is 56.1 Å². The number of benzene rings is 1. The van der Waals surface area contributed by atoms with E-state index in [2.05, 4.69) is 0 Å². The first-order valence-corrected chi connectivity index (χ1v) is 9.93. The Balaban J connectivity index is 1.80. The Kier molecular flexibility index (Phi) is 7.58. The molecule has 2 aliphatic rings. The van der Waals surface area contributed by atoms with Crippen molar-refractivity contribution >= 4 is 11.8 Å². The molecule has 1 aromatic rings. The molecule has 0 aliphatic carbocycles. The number of nitrogens with zero attached hydrogens (tertiary/aromatic N) is 1. The molecule has 0 saturated carbocycles. The highest BCUT2D eigenvalue weighted by molar-refractivity contribution is 6.00. The van der Waals surface area contributed by atoms with Crippen LogP contribution >= 0.6 is 0 Å². The van der Waals surface area contributed by atoms with E-state index in [0.29, 0.717) is 43.1 Å². The Labute approximate surface area is 173 Å². The summed E-state index contributed by atoms with van der Waals surface area (Å²) < 4.78 is 26.4. The lowest BCUT2D eigenvalue weighted by atomic mass is 9.81. The van der Waals surface area contributed by atoms with Crippen molar-refractivity contribution in [1.82, 2.24) is 0 Å². The molecular formula is C20H25NO9. The van der Waals surface area contributed by atoms with E-state index in [1.807, 2.05) is 0 Å². The van der Waals surface area contributed by atoms with Crippen molar-refractivity contribution in [3.05, 3.63) is 33.9 Å². The molecule has 2 unspecified atom stereocenters. The predicted molar refractivity (Wildman–Crippen MR) is 102 cm³/mol. The average molecular weight is 423 g/mol. The Morgan fingerprint density at radius 2 is 1.97 bits per heavy atom. The van der Waals surface area contributed by atoms with Crippen LogP contribution in [0.3, 0.4) is 0 Å². The van der Waals surface area contributed by atoms with Crippen molar-refractivity contribution in [3.63, 3.8) is 0 Å². The number of ether oxygens (including phenoxy) is 5. The standard InChI is InChI=1S/C20H25NO9/c1-2-26-20(23)19(15(22)4-3-5-18-27-8-9-28-18)14(11-21(24)25)13-6-7-16-17(10-13)30-12-29-16/h6-7,10,14,18-19H,2-5,8-9,11-12H2,1H3. The highest BCUT2D eigenvalue weighted by Gasteiger charge is 2.40. The summed E-state index contributed by atoms with van der Waals surface area (Å²) in [4.78, 5) is 36.5. The van der Waals surface area contributed by atoms with Gasteiger partial charge in [0, 0.05) is 11.3 Å². The molecule has 0 N–H and O–H groups in total. The average Bonchev–Trinajstić information content (AvgIpc) is 3.38. The first-order chi connectivity index (χ1) is 14.5. The molecule has 30 heavy (non-hydrogen) atoms. The van der Waals surface area contributed by atoms with Gasteiger partial charge < -0.3 is 23.7 Å². The van der Waals surface area contributed by atoms with Crippen molar-refractivity contribution in [1.29, 1.82) is 0 Å². The van der Waals surface area contributed by atoms with Gasteiger partial charge in [-0.15, -0.1) is 0 Å². The van der Waals surface area contributed by atoms with Crippen LogP contribution in [0.25, 0.3) is 0 Å². The summed E-state index contributed by atoms with van der Waals surface area (Å²) in [6.07, 6.45) is 0.643. The maximum Gasteiger partial charge on any atom is 0.317 e. The molecule has 164 valence electrons. The number of nitro groups is 1. The second-order valence-corrected chi connectivity index (χ2v) is 6.99. The summed E-state index contributed by atoms with van der Waals surface area (Å²) in [5, 5.41) is 11.4. The molecule has 1 fully saturated rings. The normalized spacial score (nSPS) is 17.5. The van der Waals surface area contributed by atoms with Crippen molar-refractivity contribution < 1.29 is 38.2 Å². The predicted octanol–water partition coefficient (Wildman–Crippen LogP) is 2.07. The highest BCUT2D eigenvalue weighted by Crippen LogP contribution is 2.37. The second-order valence-electron chi connectivity index (χ2n) is 6.99. The van der Waals surface area contributed by atoms with E-state index in [9.17, 15) is 19.7 Å². The fourth-order valence-electron chi connectivity index (χ4n) is 3.63. The van der Waals surface area contributed by atoms with E-state index in [0.717, 1.165) is 0 Å². The molecule has 0 aromatic heterocycles. The number of hydrogen-bond donors (Lipinski definition) is 0. The zero-order chi connectivity index (χ0) is 21.5. The van der Waals surface area contributed by atoms with Crippen LogP contribution in [0.2, 0.25) is 0 Å². The quantitative estimate of drug-likeness (QED) is 0.228. The van der Waals surface area contributed by atoms with E-state index in [1.165, 1.54) is 0 Å². The molecule has 2 aliphatic heterocycles. The number of fused-ring (bicyclic) bond motifs is 1. The SMILES string of the molecule is CCOC(=O)C(C(=O)CCCC1OCCO1)C(C[N+](=O)[O-])c1ccc2c(c1)OCO2. The molecule has 1 aromatic carbocycles. The molecule has 2 heterocycles. The van der Waals surface area contributed by atoms with Crippen LogP contribution in [0.15, 0.2) is 18.2 Å². The van der Waals surface area contributed by atoms with Crippen LogP contribution in [0.1, 0.15) is 37.7 Å². The van der Waals surface area contributed by atoms with Gasteiger partial charge in [0.25, 0.3) is 0 Å². The third-order valence-electron chi connectivity index (χ3n) is 5.01. The third kappa shape index (κ3) is 5.45. The molecule has 0 amide bonds.